The van der Waals surface area contributed by atoms with Gasteiger partial charge in [0.2, 0.25) is 11.8 Å². The fourth-order valence-electron chi connectivity index (χ4n) is 2.19. The van der Waals surface area contributed by atoms with Crippen LogP contribution in [0.1, 0.15) is 19.8 Å². The zero-order chi connectivity index (χ0) is 11.7. The van der Waals surface area contributed by atoms with Crippen molar-refractivity contribution in [3.8, 4) is 0 Å². The van der Waals surface area contributed by atoms with Crippen LogP contribution >= 0.6 is 0 Å². The lowest BCUT2D eigenvalue weighted by Crippen LogP contribution is -2.40. The molecule has 3 atom stereocenters. The summed E-state index contributed by atoms with van der Waals surface area (Å²) in [5, 5.41) is 9.77. The van der Waals surface area contributed by atoms with E-state index in [9.17, 15) is 14.7 Å². The Hall–Kier alpha value is -1.42. The minimum Gasteiger partial charge on any atom is -0.373 e. The van der Waals surface area contributed by atoms with Gasteiger partial charge in [0, 0.05) is 0 Å². The molecule has 3 unspecified atom stereocenters. The van der Waals surface area contributed by atoms with E-state index in [-0.39, 0.29) is 11.8 Å². The molecular weight excluding hydrogens is 206 g/mol. The molecule has 4 nitrogen and oxygen atoms in total. The van der Waals surface area contributed by atoms with Crippen LogP contribution in [0, 0.1) is 11.8 Å². The van der Waals surface area contributed by atoms with Crippen LogP contribution in [0.15, 0.2) is 24.3 Å². The second-order valence-corrected chi connectivity index (χ2v) is 4.14. The van der Waals surface area contributed by atoms with Crippen molar-refractivity contribution in [2.45, 2.75) is 26.0 Å². The van der Waals surface area contributed by atoms with Crippen molar-refractivity contribution >= 4 is 11.8 Å². The summed E-state index contributed by atoms with van der Waals surface area (Å²) in [6, 6.07) is 0. The van der Waals surface area contributed by atoms with Crippen molar-refractivity contribution < 1.29 is 14.7 Å². The van der Waals surface area contributed by atoms with Crippen LogP contribution in [0.5, 0.6) is 0 Å². The first-order valence-electron chi connectivity index (χ1n) is 5.56. The zero-order valence-electron chi connectivity index (χ0n) is 9.17. The van der Waals surface area contributed by atoms with Gasteiger partial charge >= 0.3 is 0 Å². The van der Waals surface area contributed by atoms with Crippen LogP contribution in [0.4, 0.5) is 0 Å². The van der Waals surface area contributed by atoms with Gasteiger partial charge in [0.1, 0.15) is 6.23 Å². The number of nitrogens with zero attached hydrogens (tertiary/aromatic N) is 1. The number of carbonyl (C=O) groups excluding carboxylic acids is 2. The lowest BCUT2D eigenvalue weighted by atomic mass is 9.91. The summed E-state index contributed by atoms with van der Waals surface area (Å²) >= 11 is 0. The summed E-state index contributed by atoms with van der Waals surface area (Å²) in [5.41, 5.74) is 0. The van der Waals surface area contributed by atoms with Gasteiger partial charge in [-0.3, -0.25) is 14.5 Å². The van der Waals surface area contributed by atoms with Crippen LogP contribution in [-0.4, -0.2) is 28.0 Å². The third kappa shape index (κ3) is 1.59. The average Bonchev–Trinajstić information content (AvgIpc) is 2.53. The van der Waals surface area contributed by atoms with Gasteiger partial charge in [-0.05, 0) is 6.42 Å². The number of amides is 2. The maximum Gasteiger partial charge on any atom is 0.239 e. The number of hydrogen-bond donors (Lipinski definition) is 1. The van der Waals surface area contributed by atoms with E-state index in [4.69, 9.17) is 0 Å². The second-order valence-electron chi connectivity index (χ2n) is 4.14. The number of hydrogen-bond acceptors (Lipinski definition) is 3. The fourth-order valence-corrected chi connectivity index (χ4v) is 2.19. The van der Waals surface area contributed by atoms with Gasteiger partial charge in [-0.15, -0.1) is 0 Å². The maximum absolute atomic E-state index is 11.9. The molecule has 1 N–H and O–H groups in total. The molecule has 1 aliphatic carbocycles. The highest BCUT2D eigenvalue weighted by Gasteiger charge is 2.47. The quantitative estimate of drug-likeness (QED) is 0.718. The van der Waals surface area contributed by atoms with Crippen LogP contribution in [0.3, 0.4) is 0 Å². The highest BCUT2D eigenvalue weighted by Crippen LogP contribution is 2.32. The van der Waals surface area contributed by atoms with Crippen LogP contribution < -0.4 is 0 Å². The van der Waals surface area contributed by atoms with E-state index in [1.165, 1.54) is 0 Å². The number of rotatable bonds is 3. The molecule has 0 spiro atoms. The van der Waals surface area contributed by atoms with E-state index < -0.39 is 18.1 Å². The molecule has 1 heterocycles. The van der Waals surface area contributed by atoms with Crippen molar-refractivity contribution in [2.24, 2.45) is 11.8 Å². The Morgan fingerprint density at radius 2 is 1.75 bits per heavy atom. The van der Waals surface area contributed by atoms with E-state index in [0.717, 1.165) is 11.3 Å². The predicted molar refractivity (Wildman–Crippen MR) is 58.0 cm³/mol. The predicted octanol–water partition coefficient (Wildman–Crippen LogP) is 0.832. The molecule has 2 amide bonds. The van der Waals surface area contributed by atoms with Gasteiger partial charge < -0.3 is 5.11 Å². The number of likely N-dealkylation sites (tertiary alicyclic amines) is 1. The van der Waals surface area contributed by atoms with E-state index in [2.05, 4.69) is 0 Å². The Morgan fingerprint density at radius 1 is 1.25 bits per heavy atom. The molecule has 0 aromatic heterocycles. The number of aliphatic hydroxyl groups is 1. The summed E-state index contributed by atoms with van der Waals surface area (Å²) in [6.07, 6.45) is 7.18. The molecule has 2 aliphatic rings. The smallest absolute Gasteiger partial charge is 0.239 e. The van der Waals surface area contributed by atoms with Gasteiger partial charge in [0.25, 0.3) is 0 Å². The number of fused-ring (bicyclic) bond motifs is 1. The third-order valence-electron chi connectivity index (χ3n) is 3.02. The van der Waals surface area contributed by atoms with E-state index in [0.29, 0.717) is 6.42 Å². The van der Waals surface area contributed by atoms with Crippen LogP contribution in [0.25, 0.3) is 0 Å². The summed E-state index contributed by atoms with van der Waals surface area (Å²) in [7, 11) is 0. The standard InChI is InChI=1S/C12H15NO3/c1-2-5-10(14)13-11(15)8-6-3-4-7-9(8)12(13)16/h3-4,6-10,14H,2,5H2,1H3. The van der Waals surface area contributed by atoms with E-state index >= 15 is 0 Å². The monoisotopic (exact) mass is 221 g/mol. The second kappa shape index (κ2) is 4.22. The summed E-state index contributed by atoms with van der Waals surface area (Å²) in [4.78, 5) is 24.9. The molecule has 1 aliphatic heterocycles. The van der Waals surface area contributed by atoms with Crippen molar-refractivity contribution in [2.75, 3.05) is 0 Å². The molecule has 4 heteroatoms. The molecule has 0 radical (unpaired) electrons. The van der Waals surface area contributed by atoms with Crippen LogP contribution in [-0.2, 0) is 9.59 Å². The average molecular weight is 221 g/mol. The molecule has 2 rings (SSSR count). The first kappa shape index (κ1) is 11.1. The SMILES string of the molecule is CCCC(O)N1C(=O)C2C=CC=CC2C1=O. The number of aliphatic hydroxyl groups excluding tert-OH is 1. The van der Waals surface area contributed by atoms with Gasteiger partial charge in [-0.2, -0.15) is 0 Å². The minimum absolute atomic E-state index is 0.281. The van der Waals surface area contributed by atoms with Crippen molar-refractivity contribution in [3.63, 3.8) is 0 Å². The first-order chi connectivity index (χ1) is 7.66. The fraction of sp³-hybridized carbons (Fsp3) is 0.500. The van der Waals surface area contributed by atoms with E-state index in [1.807, 2.05) is 6.92 Å². The Kier molecular flexibility index (Phi) is 2.92. The molecule has 0 aromatic carbocycles. The minimum atomic E-state index is -0.975. The highest BCUT2D eigenvalue weighted by atomic mass is 16.3. The number of carbonyl (C=O) groups is 2. The van der Waals surface area contributed by atoms with Gasteiger partial charge in [-0.1, -0.05) is 37.6 Å². The van der Waals surface area contributed by atoms with Crippen molar-refractivity contribution in [1.82, 2.24) is 4.90 Å². The molecule has 0 aromatic rings. The normalized spacial score (nSPS) is 29.8. The molecule has 86 valence electrons. The topological polar surface area (TPSA) is 57.6 Å². The number of imide groups is 1. The maximum atomic E-state index is 11.9. The van der Waals surface area contributed by atoms with Gasteiger partial charge in [-0.25, -0.2) is 0 Å². The highest BCUT2D eigenvalue weighted by molar-refractivity contribution is 6.07. The first-order valence-corrected chi connectivity index (χ1v) is 5.56. The molecule has 1 fully saturated rings. The molecule has 1 saturated heterocycles. The van der Waals surface area contributed by atoms with E-state index in [1.54, 1.807) is 24.3 Å². The number of allylic oxidation sites excluding steroid dienone is 2. The Bertz CT molecular complexity index is 342. The van der Waals surface area contributed by atoms with Crippen molar-refractivity contribution in [1.29, 1.82) is 0 Å². The Morgan fingerprint density at radius 3 is 2.19 bits per heavy atom. The zero-order valence-corrected chi connectivity index (χ0v) is 9.17. The van der Waals surface area contributed by atoms with Gasteiger partial charge in [0.05, 0.1) is 11.8 Å². The molecule has 16 heavy (non-hydrogen) atoms. The van der Waals surface area contributed by atoms with Gasteiger partial charge in [0.15, 0.2) is 0 Å². The molecule has 0 saturated carbocycles. The van der Waals surface area contributed by atoms with Crippen molar-refractivity contribution in [3.05, 3.63) is 24.3 Å². The summed E-state index contributed by atoms with van der Waals surface area (Å²) in [5.74, 6) is -1.39. The Labute approximate surface area is 94.2 Å². The lowest BCUT2D eigenvalue weighted by Gasteiger charge is -2.20. The summed E-state index contributed by atoms with van der Waals surface area (Å²) in [6.45, 7) is 1.90. The van der Waals surface area contributed by atoms with Crippen LogP contribution in [0.2, 0.25) is 0 Å². The summed E-state index contributed by atoms with van der Waals surface area (Å²) < 4.78 is 0. The lowest BCUT2D eigenvalue weighted by molar-refractivity contribution is -0.150. The molecule has 0 bridgehead atoms. The molecular formula is C12H15NO3. The third-order valence-corrected chi connectivity index (χ3v) is 3.02. The Balaban J connectivity index is 2.22. The largest absolute Gasteiger partial charge is 0.373 e.